The van der Waals surface area contributed by atoms with Crippen LogP contribution >= 0.6 is 0 Å². The molecular formula is C24H22N4O8. The molecule has 0 atom stereocenters. The molecule has 0 unspecified atom stereocenters. The van der Waals surface area contributed by atoms with Crippen LogP contribution in [-0.4, -0.2) is 35.4 Å². The molecule has 12 nitrogen and oxygen atoms in total. The maximum absolute atomic E-state index is 13.0. The van der Waals surface area contributed by atoms with Gasteiger partial charge in [0.05, 0.1) is 23.6 Å². The van der Waals surface area contributed by atoms with E-state index in [4.69, 9.17) is 9.47 Å². The number of methoxy groups -OCH3 is 1. The van der Waals surface area contributed by atoms with E-state index in [1.165, 1.54) is 43.5 Å². The lowest BCUT2D eigenvalue weighted by atomic mass is 10.1. The Kier molecular flexibility index (Phi) is 8.13. The largest absolute Gasteiger partial charge is 0.493 e. The molecule has 0 radical (unpaired) electrons. The van der Waals surface area contributed by atoms with Gasteiger partial charge in [-0.2, -0.15) is 0 Å². The van der Waals surface area contributed by atoms with Gasteiger partial charge in [-0.3, -0.25) is 29.8 Å². The van der Waals surface area contributed by atoms with E-state index in [2.05, 4.69) is 10.6 Å². The van der Waals surface area contributed by atoms with E-state index in [1.807, 2.05) is 0 Å². The summed E-state index contributed by atoms with van der Waals surface area (Å²) in [6.07, 6.45) is -1.13. The number of carbonyl (C=O) groups excluding carboxylic acids is 2. The number of benzene rings is 3. The number of nitrogens with zero attached hydrogens (tertiary/aromatic N) is 2. The van der Waals surface area contributed by atoms with Crippen molar-refractivity contribution >= 4 is 23.2 Å². The summed E-state index contributed by atoms with van der Waals surface area (Å²) in [4.78, 5) is 46.9. The molecule has 3 aromatic carbocycles. The second-order valence-electron chi connectivity index (χ2n) is 7.34. The van der Waals surface area contributed by atoms with Crippen LogP contribution in [0.4, 0.5) is 11.4 Å². The summed E-state index contributed by atoms with van der Waals surface area (Å²) in [6.45, 7) is 2.10. The number of rotatable bonds is 10. The fourth-order valence-corrected chi connectivity index (χ4v) is 3.29. The number of hydrogen-bond acceptors (Lipinski definition) is 8. The Morgan fingerprint density at radius 3 is 1.81 bits per heavy atom. The average molecular weight is 494 g/mol. The molecule has 0 spiro atoms. The molecule has 0 heterocycles. The van der Waals surface area contributed by atoms with Crippen molar-refractivity contribution in [1.29, 1.82) is 0 Å². The van der Waals surface area contributed by atoms with Crippen molar-refractivity contribution in [1.82, 2.24) is 10.6 Å². The van der Waals surface area contributed by atoms with E-state index in [-0.39, 0.29) is 22.5 Å². The first-order valence-electron chi connectivity index (χ1n) is 10.6. The van der Waals surface area contributed by atoms with E-state index >= 15 is 0 Å². The molecule has 0 aliphatic rings. The van der Waals surface area contributed by atoms with Crippen LogP contribution in [0.15, 0.2) is 66.7 Å². The Morgan fingerprint density at radius 1 is 0.833 bits per heavy atom. The van der Waals surface area contributed by atoms with Crippen LogP contribution in [-0.2, 0) is 0 Å². The molecule has 186 valence electrons. The Morgan fingerprint density at radius 2 is 1.36 bits per heavy atom. The van der Waals surface area contributed by atoms with E-state index in [9.17, 15) is 29.8 Å². The van der Waals surface area contributed by atoms with Crippen LogP contribution in [0.3, 0.4) is 0 Å². The van der Waals surface area contributed by atoms with E-state index in [0.29, 0.717) is 23.7 Å². The summed E-state index contributed by atoms with van der Waals surface area (Å²) < 4.78 is 10.9. The van der Waals surface area contributed by atoms with Crippen molar-refractivity contribution in [3.8, 4) is 11.5 Å². The number of hydrogen-bond donors (Lipinski definition) is 2. The lowest BCUT2D eigenvalue weighted by molar-refractivity contribution is -0.385. The number of nitro groups is 2. The molecule has 0 bridgehead atoms. The lowest BCUT2D eigenvalue weighted by Gasteiger charge is -2.22. The monoisotopic (exact) mass is 494 g/mol. The number of nitro benzene ring substituents is 2. The van der Waals surface area contributed by atoms with E-state index in [1.54, 1.807) is 25.1 Å². The molecule has 0 fully saturated rings. The highest BCUT2D eigenvalue weighted by Gasteiger charge is 2.22. The standard InChI is InChI=1S/C24H22N4O8/c1-3-36-21-14-15(10-11-20(21)35-2)22(25-23(29)16-6-4-8-18(12-16)27(31)32)26-24(30)17-7-5-9-19(13-17)28(33)34/h4-14,22H,3H2,1-2H3,(H,25,29)(H,26,30). The number of carbonyl (C=O) groups is 2. The first-order chi connectivity index (χ1) is 17.2. The van der Waals surface area contributed by atoms with Gasteiger partial charge in [0.15, 0.2) is 11.5 Å². The lowest BCUT2D eigenvalue weighted by Crippen LogP contribution is -2.41. The van der Waals surface area contributed by atoms with Crippen LogP contribution in [0.2, 0.25) is 0 Å². The SMILES string of the molecule is CCOc1cc(C(NC(=O)c2cccc([N+](=O)[O-])c2)NC(=O)c2cccc([N+](=O)[O-])c2)ccc1OC. The molecule has 3 aromatic rings. The topological polar surface area (TPSA) is 163 Å². The van der Waals surface area contributed by atoms with Crippen LogP contribution in [0.25, 0.3) is 0 Å². The van der Waals surface area contributed by atoms with Gasteiger partial charge in [-0.15, -0.1) is 0 Å². The fourth-order valence-electron chi connectivity index (χ4n) is 3.29. The van der Waals surface area contributed by atoms with Crippen molar-refractivity contribution in [3.05, 3.63) is 104 Å². The van der Waals surface area contributed by atoms with Crippen molar-refractivity contribution < 1.29 is 28.9 Å². The van der Waals surface area contributed by atoms with E-state index in [0.717, 1.165) is 12.1 Å². The maximum Gasteiger partial charge on any atom is 0.270 e. The second-order valence-corrected chi connectivity index (χ2v) is 7.34. The normalized spacial score (nSPS) is 10.4. The molecule has 2 amide bonds. The fraction of sp³-hybridized carbons (Fsp3) is 0.167. The highest BCUT2D eigenvalue weighted by Crippen LogP contribution is 2.30. The molecular weight excluding hydrogens is 472 g/mol. The Balaban J connectivity index is 1.97. The average Bonchev–Trinajstić information content (AvgIpc) is 2.88. The first-order valence-corrected chi connectivity index (χ1v) is 10.6. The number of ether oxygens (including phenoxy) is 2. The third-order valence-electron chi connectivity index (χ3n) is 5.01. The zero-order valence-electron chi connectivity index (χ0n) is 19.3. The predicted octanol–water partition coefficient (Wildman–Crippen LogP) is 3.77. The van der Waals surface area contributed by atoms with Crippen molar-refractivity contribution in [2.75, 3.05) is 13.7 Å². The van der Waals surface area contributed by atoms with Crippen LogP contribution in [0.5, 0.6) is 11.5 Å². The minimum Gasteiger partial charge on any atom is -0.493 e. The van der Waals surface area contributed by atoms with E-state index < -0.39 is 27.8 Å². The third-order valence-corrected chi connectivity index (χ3v) is 5.01. The van der Waals surface area contributed by atoms with Crippen molar-refractivity contribution in [2.45, 2.75) is 13.1 Å². The molecule has 3 rings (SSSR count). The Bertz CT molecular complexity index is 1240. The molecule has 0 aliphatic carbocycles. The molecule has 12 heteroatoms. The Hall–Kier alpha value is -5.00. The minimum atomic E-state index is -1.13. The molecule has 0 aliphatic heterocycles. The van der Waals surface area contributed by atoms with Crippen molar-refractivity contribution in [3.63, 3.8) is 0 Å². The van der Waals surface area contributed by atoms with Gasteiger partial charge in [-0.1, -0.05) is 18.2 Å². The van der Waals surface area contributed by atoms with Crippen molar-refractivity contribution in [2.24, 2.45) is 0 Å². The summed E-state index contributed by atoms with van der Waals surface area (Å²) in [5.74, 6) is -0.611. The summed E-state index contributed by atoms with van der Waals surface area (Å²) in [5.41, 5.74) is -0.155. The number of nitrogens with one attached hydrogen (secondary N) is 2. The maximum atomic E-state index is 13.0. The molecule has 0 aromatic heterocycles. The third kappa shape index (κ3) is 6.11. The Labute approximate surface area is 205 Å². The molecule has 36 heavy (non-hydrogen) atoms. The van der Waals surface area contributed by atoms with Gasteiger partial charge < -0.3 is 20.1 Å². The first kappa shape index (κ1) is 25.6. The van der Waals surface area contributed by atoms with Gasteiger partial charge in [0, 0.05) is 35.4 Å². The summed E-state index contributed by atoms with van der Waals surface area (Å²) >= 11 is 0. The van der Waals surface area contributed by atoms with Gasteiger partial charge in [0.2, 0.25) is 0 Å². The second kappa shape index (κ2) is 11.4. The van der Waals surface area contributed by atoms with Crippen LogP contribution in [0, 0.1) is 20.2 Å². The van der Waals surface area contributed by atoms with Crippen LogP contribution in [0.1, 0.15) is 39.4 Å². The highest BCUT2D eigenvalue weighted by atomic mass is 16.6. The zero-order valence-corrected chi connectivity index (χ0v) is 19.3. The summed E-state index contributed by atoms with van der Waals surface area (Å²) in [5, 5.41) is 27.5. The van der Waals surface area contributed by atoms with Gasteiger partial charge in [-0.05, 0) is 36.8 Å². The summed E-state index contributed by atoms with van der Waals surface area (Å²) in [7, 11) is 1.46. The minimum absolute atomic E-state index is 0.00246. The zero-order chi connectivity index (χ0) is 26.2. The molecule has 2 N–H and O–H groups in total. The smallest absolute Gasteiger partial charge is 0.270 e. The van der Waals surface area contributed by atoms with Gasteiger partial charge in [0.1, 0.15) is 6.17 Å². The highest BCUT2D eigenvalue weighted by molar-refractivity contribution is 5.97. The summed E-state index contributed by atoms with van der Waals surface area (Å²) in [6, 6.07) is 15.0. The van der Waals surface area contributed by atoms with Gasteiger partial charge >= 0.3 is 0 Å². The van der Waals surface area contributed by atoms with Gasteiger partial charge in [-0.25, -0.2) is 0 Å². The van der Waals surface area contributed by atoms with Gasteiger partial charge in [0.25, 0.3) is 23.2 Å². The number of non-ortho nitro benzene ring substituents is 2. The quantitative estimate of drug-likeness (QED) is 0.244. The predicted molar refractivity (Wildman–Crippen MR) is 128 cm³/mol. The van der Waals surface area contributed by atoms with Crippen LogP contribution < -0.4 is 20.1 Å². The molecule has 0 saturated heterocycles. The number of amides is 2. The molecule has 0 saturated carbocycles.